The largest absolute Gasteiger partial charge is 0.508 e. The third-order valence-corrected chi connectivity index (χ3v) is 3.66. The number of carbonyl (C=O) groups is 1. The first-order chi connectivity index (χ1) is 8.61. The molecule has 98 valence electrons. The summed E-state index contributed by atoms with van der Waals surface area (Å²) < 4.78 is 4.83. The summed E-state index contributed by atoms with van der Waals surface area (Å²) in [6.07, 6.45) is 1.57. The number of piperidine rings is 1. The molecule has 1 N–H and O–H groups in total. The number of carbonyl (C=O) groups excluding carboxylic acids is 1. The maximum absolute atomic E-state index is 11.6. The number of rotatable bonds is 2. The Bertz CT molecular complexity index is 433. The molecule has 1 aliphatic rings. The van der Waals surface area contributed by atoms with Crippen LogP contribution in [0.15, 0.2) is 24.3 Å². The summed E-state index contributed by atoms with van der Waals surface area (Å²) in [4.78, 5) is 13.8. The van der Waals surface area contributed by atoms with Gasteiger partial charge >= 0.3 is 5.97 Å². The summed E-state index contributed by atoms with van der Waals surface area (Å²) in [5, 5.41) is 9.54. The SMILES string of the molecule is COC(=O)C1CCN(C)C(c2cccc(O)c2)C1. The van der Waals surface area contributed by atoms with Gasteiger partial charge in [0.1, 0.15) is 5.75 Å². The van der Waals surface area contributed by atoms with E-state index in [1.807, 2.05) is 19.2 Å². The average Bonchev–Trinajstić information content (AvgIpc) is 2.38. The molecule has 0 bridgehead atoms. The zero-order chi connectivity index (χ0) is 13.1. The standard InChI is InChI=1S/C14H19NO3/c1-15-7-6-11(14(17)18-2)9-13(15)10-4-3-5-12(16)8-10/h3-5,8,11,13,16H,6-7,9H2,1-2H3. The van der Waals surface area contributed by atoms with Crippen LogP contribution in [-0.2, 0) is 9.53 Å². The number of hydrogen-bond acceptors (Lipinski definition) is 4. The van der Waals surface area contributed by atoms with Gasteiger partial charge in [0, 0.05) is 6.04 Å². The van der Waals surface area contributed by atoms with E-state index >= 15 is 0 Å². The topological polar surface area (TPSA) is 49.8 Å². The van der Waals surface area contributed by atoms with Crippen LogP contribution in [-0.4, -0.2) is 36.7 Å². The van der Waals surface area contributed by atoms with Crippen molar-refractivity contribution in [3.05, 3.63) is 29.8 Å². The molecular formula is C14H19NO3. The molecule has 1 aromatic rings. The van der Waals surface area contributed by atoms with Gasteiger partial charge in [-0.15, -0.1) is 0 Å². The van der Waals surface area contributed by atoms with Crippen molar-refractivity contribution in [1.82, 2.24) is 4.90 Å². The zero-order valence-corrected chi connectivity index (χ0v) is 10.8. The number of nitrogens with zero attached hydrogens (tertiary/aromatic N) is 1. The molecule has 1 aromatic carbocycles. The van der Waals surface area contributed by atoms with Crippen LogP contribution in [0.4, 0.5) is 0 Å². The van der Waals surface area contributed by atoms with Crippen LogP contribution in [0.1, 0.15) is 24.4 Å². The molecule has 1 aliphatic heterocycles. The van der Waals surface area contributed by atoms with E-state index in [1.54, 1.807) is 12.1 Å². The highest BCUT2D eigenvalue weighted by atomic mass is 16.5. The molecule has 0 saturated carbocycles. The van der Waals surface area contributed by atoms with E-state index in [4.69, 9.17) is 4.74 Å². The van der Waals surface area contributed by atoms with Gasteiger partial charge in [-0.05, 0) is 44.1 Å². The monoisotopic (exact) mass is 249 g/mol. The van der Waals surface area contributed by atoms with Gasteiger partial charge in [0.05, 0.1) is 13.0 Å². The third kappa shape index (κ3) is 2.64. The molecule has 4 heteroatoms. The van der Waals surface area contributed by atoms with Crippen molar-refractivity contribution in [2.24, 2.45) is 5.92 Å². The van der Waals surface area contributed by atoms with Crippen LogP contribution < -0.4 is 0 Å². The highest BCUT2D eigenvalue weighted by Crippen LogP contribution is 2.34. The Labute approximate surface area is 107 Å². The van der Waals surface area contributed by atoms with Crippen LogP contribution >= 0.6 is 0 Å². The fraction of sp³-hybridized carbons (Fsp3) is 0.500. The predicted molar refractivity (Wildman–Crippen MR) is 68.2 cm³/mol. The van der Waals surface area contributed by atoms with Crippen molar-refractivity contribution in [3.63, 3.8) is 0 Å². The van der Waals surface area contributed by atoms with Gasteiger partial charge in [-0.25, -0.2) is 0 Å². The van der Waals surface area contributed by atoms with Gasteiger partial charge in [-0.1, -0.05) is 12.1 Å². The van der Waals surface area contributed by atoms with E-state index in [0.29, 0.717) is 0 Å². The van der Waals surface area contributed by atoms with E-state index in [1.165, 1.54) is 7.11 Å². The van der Waals surface area contributed by atoms with Crippen molar-refractivity contribution >= 4 is 5.97 Å². The molecule has 0 aromatic heterocycles. The van der Waals surface area contributed by atoms with Gasteiger partial charge in [-0.3, -0.25) is 9.69 Å². The first-order valence-corrected chi connectivity index (χ1v) is 6.19. The summed E-state index contributed by atoms with van der Waals surface area (Å²) in [6.45, 7) is 0.861. The highest BCUT2D eigenvalue weighted by molar-refractivity contribution is 5.72. The van der Waals surface area contributed by atoms with Gasteiger partial charge < -0.3 is 9.84 Å². The summed E-state index contributed by atoms with van der Waals surface area (Å²) in [5.41, 5.74) is 1.05. The molecule has 4 nitrogen and oxygen atoms in total. The molecule has 2 unspecified atom stereocenters. The van der Waals surface area contributed by atoms with Crippen LogP contribution in [0, 0.1) is 5.92 Å². The Hall–Kier alpha value is -1.55. The van der Waals surface area contributed by atoms with E-state index in [9.17, 15) is 9.90 Å². The summed E-state index contributed by atoms with van der Waals surface area (Å²) in [5.74, 6) is 0.0906. The molecule has 0 aliphatic carbocycles. The van der Waals surface area contributed by atoms with Crippen molar-refractivity contribution < 1.29 is 14.6 Å². The quantitative estimate of drug-likeness (QED) is 0.814. The van der Waals surface area contributed by atoms with Crippen molar-refractivity contribution in [2.75, 3.05) is 20.7 Å². The lowest BCUT2D eigenvalue weighted by atomic mass is 9.87. The number of benzene rings is 1. The number of esters is 1. The van der Waals surface area contributed by atoms with E-state index < -0.39 is 0 Å². The zero-order valence-electron chi connectivity index (χ0n) is 10.8. The minimum atomic E-state index is -0.131. The molecule has 0 amide bonds. The molecular weight excluding hydrogens is 230 g/mol. The van der Waals surface area contributed by atoms with Crippen molar-refractivity contribution in [2.45, 2.75) is 18.9 Å². The predicted octanol–water partition coefficient (Wildman–Crippen LogP) is 1.95. The lowest BCUT2D eigenvalue weighted by molar-refractivity contribution is -0.147. The second-order valence-electron chi connectivity index (χ2n) is 4.84. The molecule has 2 atom stereocenters. The van der Waals surface area contributed by atoms with Gasteiger partial charge in [0.2, 0.25) is 0 Å². The Morgan fingerprint density at radius 2 is 2.28 bits per heavy atom. The summed E-state index contributed by atoms with van der Waals surface area (Å²) in [6, 6.07) is 7.40. The Kier molecular flexibility index (Phi) is 3.87. The normalized spacial score (nSPS) is 24.8. The van der Waals surface area contributed by atoms with E-state index in [2.05, 4.69) is 4.90 Å². The molecule has 1 heterocycles. The number of ether oxygens (including phenoxy) is 1. The molecule has 1 fully saturated rings. The molecule has 18 heavy (non-hydrogen) atoms. The summed E-state index contributed by atoms with van der Waals surface area (Å²) in [7, 11) is 3.48. The maximum Gasteiger partial charge on any atom is 0.308 e. The smallest absolute Gasteiger partial charge is 0.308 e. The van der Waals surface area contributed by atoms with Gasteiger partial charge in [0.15, 0.2) is 0 Å². The maximum atomic E-state index is 11.6. The van der Waals surface area contributed by atoms with Crippen molar-refractivity contribution in [1.29, 1.82) is 0 Å². The van der Waals surface area contributed by atoms with Gasteiger partial charge in [0.25, 0.3) is 0 Å². The van der Waals surface area contributed by atoms with Crippen molar-refractivity contribution in [3.8, 4) is 5.75 Å². The Morgan fingerprint density at radius 1 is 1.50 bits per heavy atom. The average molecular weight is 249 g/mol. The van der Waals surface area contributed by atoms with Crippen LogP contribution in [0.3, 0.4) is 0 Å². The minimum Gasteiger partial charge on any atom is -0.508 e. The lowest BCUT2D eigenvalue weighted by Crippen LogP contribution is -2.36. The second-order valence-corrected chi connectivity index (χ2v) is 4.84. The van der Waals surface area contributed by atoms with Crippen LogP contribution in [0.5, 0.6) is 5.75 Å². The highest BCUT2D eigenvalue weighted by Gasteiger charge is 2.31. The number of methoxy groups -OCH3 is 1. The number of phenolic OH excluding ortho intramolecular Hbond substituents is 1. The third-order valence-electron chi connectivity index (χ3n) is 3.66. The number of aromatic hydroxyl groups is 1. The first-order valence-electron chi connectivity index (χ1n) is 6.19. The minimum absolute atomic E-state index is 0.0430. The second kappa shape index (κ2) is 5.40. The van der Waals surface area contributed by atoms with E-state index in [0.717, 1.165) is 24.9 Å². The lowest BCUT2D eigenvalue weighted by Gasteiger charge is -2.36. The molecule has 1 saturated heterocycles. The number of likely N-dealkylation sites (tertiary alicyclic amines) is 1. The van der Waals surface area contributed by atoms with Crippen LogP contribution in [0.25, 0.3) is 0 Å². The summed E-state index contributed by atoms with van der Waals surface area (Å²) >= 11 is 0. The number of phenols is 1. The fourth-order valence-corrected chi connectivity index (χ4v) is 2.59. The fourth-order valence-electron chi connectivity index (χ4n) is 2.59. The Morgan fingerprint density at radius 3 is 2.94 bits per heavy atom. The molecule has 2 rings (SSSR count). The molecule has 0 radical (unpaired) electrons. The Balaban J connectivity index is 2.17. The van der Waals surface area contributed by atoms with Gasteiger partial charge in [-0.2, -0.15) is 0 Å². The van der Waals surface area contributed by atoms with Crippen LogP contribution in [0.2, 0.25) is 0 Å². The van der Waals surface area contributed by atoms with E-state index in [-0.39, 0.29) is 23.7 Å². The number of hydrogen-bond donors (Lipinski definition) is 1. The first kappa shape index (κ1) is 12.9. The molecule has 0 spiro atoms.